The average molecular weight is 232 g/mol. The van der Waals surface area contributed by atoms with E-state index in [1.807, 2.05) is 6.92 Å². The minimum absolute atomic E-state index is 0.681. The van der Waals surface area contributed by atoms with Crippen molar-refractivity contribution in [3.8, 4) is 11.3 Å². The van der Waals surface area contributed by atoms with Crippen LogP contribution in [0.2, 0.25) is 0 Å². The van der Waals surface area contributed by atoms with Crippen molar-refractivity contribution in [2.24, 2.45) is 5.73 Å². The van der Waals surface area contributed by atoms with Gasteiger partial charge in [-0.05, 0) is 26.8 Å². The van der Waals surface area contributed by atoms with Gasteiger partial charge >= 0.3 is 0 Å². The van der Waals surface area contributed by atoms with E-state index in [4.69, 9.17) is 5.73 Å². The molecule has 0 spiro atoms. The lowest BCUT2D eigenvalue weighted by Crippen LogP contribution is -2.02. The third kappa shape index (κ3) is 2.31. The van der Waals surface area contributed by atoms with Crippen LogP contribution in [0.15, 0.2) is 24.3 Å². The second-order valence-corrected chi connectivity index (χ2v) is 5.20. The van der Waals surface area contributed by atoms with Crippen molar-refractivity contribution in [1.29, 1.82) is 0 Å². The molecule has 2 nitrogen and oxygen atoms in total. The Hall–Kier alpha value is -1.19. The third-order valence-corrected chi connectivity index (χ3v) is 3.53. The summed E-state index contributed by atoms with van der Waals surface area (Å²) >= 11 is 1.75. The highest BCUT2D eigenvalue weighted by Crippen LogP contribution is 2.28. The number of hydrogen-bond acceptors (Lipinski definition) is 3. The predicted octanol–water partition coefficient (Wildman–Crippen LogP) is 2.93. The van der Waals surface area contributed by atoms with Gasteiger partial charge in [0, 0.05) is 10.4 Å². The molecule has 0 amide bonds. The van der Waals surface area contributed by atoms with Gasteiger partial charge in [-0.15, -0.1) is 11.3 Å². The minimum Gasteiger partial charge on any atom is -0.330 e. The number of nitrogens with two attached hydrogens (primary N) is 1. The fourth-order valence-corrected chi connectivity index (χ4v) is 2.68. The zero-order chi connectivity index (χ0) is 11.5. The van der Waals surface area contributed by atoms with Crippen molar-refractivity contribution in [3.05, 3.63) is 39.7 Å². The van der Waals surface area contributed by atoms with Crippen LogP contribution in [-0.4, -0.2) is 11.5 Å². The molecule has 2 aromatic rings. The van der Waals surface area contributed by atoms with Gasteiger partial charge in [-0.3, -0.25) is 0 Å². The maximum Gasteiger partial charge on any atom is 0.0904 e. The van der Waals surface area contributed by atoms with Gasteiger partial charge in [0.15, 0.2) is 0 Å². The summed E-state index contributed by atoms with van der Waals surface area (Å²) in [6, 6.07) is 8.50. The fourth-order valence-electron chi connectivity index (χ4n) is 1.71. The quantitative estimate of drug-likeness (QED) is 0.883. The van der Waals surface area contributed by atoms with Crippen molar-refractivity contribution in [2.45, 2.75) is 20.3 Å². The Bertz CT molecular complexity index is 471. The van der Waals surface area contributed by atoms with Crippen LogP contribution in [0, 0.1) is 13.8 Å². The topological polar surface area (TPSA) is 38.9 Å². The lowest BCUT2D eigenvalue weighted by Gasteiger charge is -2.01. The molecule has 0 saturated carbocycles. The number of aryl methyl sites for hydroxylation is 2. The smallest absolute Gasteiger partial charge is 0.0904 e. The van der Waals surface area contributed by atoms with Gasteiger partial charge in [-0.2, -0.15) is 0 Å². The van der Waals surface area contributed by atoms with Crippen molar-refractivity contribution in [1.82, 2.24) is 4.98 Å². The molecule has 0 atom stereocenters. The van der Waals surface area contributed by atoms with Crippen LogP contribution < -0.4 is 5.73 Å². The molecule has 0 aliphatic carbocycles. The van der Waals surface area contributed by atoms with Crippen molar-refractivity contribution < 1.29 is 0 Å². The van der Waals surface area contributed by atoms with E-state index in [1.165, 1.54) is 16.0 Å². The Kier molecular flexibility index (Phi) is 3.36. The summed E-state index contributed by atoms with van der Waals surface area (Å²) in [6.45, 7) is 4.82. The third-order valence-electron chi connectivity index (χ3n) is 2.50. The second kappa shape index (κ2) is 4.76. The van der Waals surface area contributed by atoms with Crippen LogP contribution >= 0.6 is 11.3 Å². The van der Waals surface area contributed by atoms with Gasteiger partial charge in [-0.1, -0.05) is 29.8 Å². The van der Waals surface area contributed by atoms with Gasteiger partial charge in [0.2, 0.25) is 0 Å². The van der Waals surface area contributed by atoms with E-state index in [9.17, 15) is 0 Å². The first-order chi connectivity index (χ1) is 7.70. The highest BCUT2D eigenvalue weighted by molar-refractivity contribution is 7.12. The predicted molar refractivity (Wildman–Crippen MR) is 69.8 cm³/mol. The van der Waals surface area contributed by atoms with E-state index in [0.717, 1.165) is 17.1 Å². The monoisotopic (exact) mass is 232 g/mol. The lowest BCUT2D eigenvalue weighted by molar-refractivity contribution is 0.986. The number of nitrogens with zero attached hydrogens (tertiary/aromatic N) is 1. The Morgan fingerprint density at radius 3 is 2.50 bits per heavy atom. The number of rotatable bonds is 3. The van der Waals surface area contributed by atoms with Crippen LogP contribution in [0.3, 0.4) is 0 Å². The molecule has 2 rings (SSSR count). The largest absolute Gasteiger partial charge is 0.330 e. The number of hydrogen-bond donors (Lipinski definition) is 1. The Labute approximate surface area is 100 Å². The molecular weight excluding hydrogens is 216 g/mol. The fraction of sp³-hybridized carbons (Fsp3) is 0.308. The van der Waals surface area contributed by atoms with Crippen LogP contribution in [0.1, 0.15) is 15.4 Å². The molecule has 2 N–H and O–H groups in total. The zero-order valence-electron chi connectivity index (χ0n) is 9.66. The van der Waals surface area contributed by atoms with Crippen molar-refractivity contribution >= 4 is 11.3 Å². The van der Waals surface area contributed by atoms with Gasteiger partial charge in [-0.25, -0.2) is 4.98 Å². The summed E-state index contributed by atoms with van der Waals surface area (Å²) in [7, 11) is 0. The SMILES string of the molecule is Cc1ccc(-c2nc(C)sc2CCN)cc1. The van der Waals surface area contributed by atoms with Gasteiger partial charge in [0.25, 0.3) is 0 Å². The highest BCUT2D eigenvalue weighted by Gasteiger charge is 2.09. The molecule has 1 heterocycles. The van der Waals surface area contributed by atoms with E-state index < -0.39 is 0 Å². The van der Waals surface area contributed by atoms with E-state index >= 15 is 0 Å². The molecule has 1 aromatic carbocycles. The molecule has 0 radical (unpaired) electrons. The van der Waals surface area contributed by atoms with Crippen LogP contribution in [0.5, 0.6) is 0 Å². The molecule has 0 aliphatic heterocycles. The van der Waals surface area contributed by atoms with E-state index in [2.05, 4.69) is 36.2 Å². The molecule has 3 heteroatoms. The molecule has 0 fully saturated rings. The Morgan fingerprint density at radius 2 is 1.88 bits per heavy atom. The number of thiazole rings is 1. The first kappa shape index (κ1) is 11.3. The Balaban J connectivity index is 2.42. The summed E-state index contributed by atoms with van der Waals surface area (Å²) in [4.78, 5) is 5.89. The first-order valence-corrected chi connectivity index (χ1v) is 6.26. The maximum absolute atomic E-state index is 5.62. The van der Waals surface area contributed by atoms with Crippen molar-refractivity contribution in [2.75, 3.05) is 6.54 Å². The van der Waals surface area contributed by atoms with Crippen LogP contribution in [0.4, 0.5) is 0 Å². The first-order valence-electron chi connectivity index (χ1n) is 5.44. The van der Waals surface area contributed by atoms with E-state index in [-0.39, 0.29) is 0 Å². The lowest BCUT2D eigenvalue weighted by atomic mass is 10.1. The number of benzene rings is 1. The second-order valence-electron chi connectivity index (χ2n) is 3.91. The summed E-state index contributed by atoms with van der Waals surface area (Å²) in [5.74, 6) is 0. The zero-order valence-corrected chi connectivity index (χ0v) is 10.5. The minimum atomic E-state index is 0.681. The molecule has 16 heavy (non-hydrogen) atoms. The standard InChI is InChI=1S/C13H16N2S/c1-9-3-5-11(6-4-9)13-12(7-8-14)16-10(2)15-13/h3-6H,7-8,14H2,1-2H3. The van der Waals surface area contributed by atoms with Gasteiger partial charge in [0.05, 0.1) is 10.7 Å². The van der Waals surface area contributed by atoms with Crippen LogP contribution in [0.25, 0.3) is 11.3 Å². The molecule has 0 saturated heterocycles. The Morgan fingerprint density at radius 1 is 1.19 bits per heavy atom. The summed E-state index contributed by atoms with van der Waals surface area (Å²) < 4.78 is 0. The molecule has 84 valence electrons. The molecular formula is C13H16N2S. The molecule has 0 unspecified atom stereocenters. The summed E-state index contributed by atoms with van der Waals surface area (Å²) in [5.41, 5.74) is 9.19. The molecule has 1 aromatic heterocycles. The maximum atomic E-state index is 5.62. The van der Waals surface area contributed by atoms with E-state index in [0.29, 0.717) is 6.54 Å². The van der Waals surface area contributed by atoms with Crippen molar-refractivity contribution in [3.63, 3.8) is 0 Å². The van der Waals surface area contributed by atoms with Gasteiger partial charge in [0.1, 0.15) is 0 Å². The van der Waals surface area contributed by atoms with Crippen LogP contribution in [-0.2, 0) is 6.42 Å². The normalized spacial score (nSPS) is 10.7. The summed E-state index contributed by atoms with van der Waals surface area (Å²) in [6.07, 6.45) is 0.911. The highest BCUT2D eigenvalue weighted by atomic mass is 32.1. The molecule has 0 bridgehead atoms. The van der Waals surface area contributed by atoms with Gasteiger partial charge < -0.3 is 5.73 Å². The summed E-state index contributed by atoms with van der Waals surface area (Å²) in [5, 5.41) is 1.11. The molecule has 0 aliphatic rings. The number of aromatic nitrogens is 1. The average Bonchev–Trinajstić information content (AvgIpc) is 2.61. The van der Waals surface area contributed by atoms with E-state index in [1.54, 1.807) is 11.3 Å².